The van der Waals surface area contributed by atoms with Crippen LogP contribution >= 0.6 is 0 Å². The molecule has 0 amide bonds. The minimum atomic E-state index is -0.606. The summed E-state index contributed by atoms with van der Waals surface area (Å²) in [6, 6.07) is 15.2. The molecule has 23 heavy (non-hydrogen) atoms. The van der Waals surface area contributed by atoms with Crippen molar-refractivity contribution in [1.29, 1.82) is 0 Å². The first-order chi connectivity index (χ1) is 11.2. The Morgan fingerprint density at radius 3 is 2.39 bits per heavy atom. The van der Waals surface area contributed by atoms with Gasteiger partial charge in [-0.05, 0) is 54.0 Å². The Labute approximate surface area is 141 Å². The SMILES string of the molecule is [2H]C(C)(C)c1cc(C)c(C)c(-c2c3ccccc3cc(C)[n+]2C)c1. The Hall–Kier alpha value is -2.15. The second-order valence-electron chi connectivity index (χ2n) is 6.75. The molecule has 1 heteroatoms. The molecule has 0 aliphatic rings. The fourth-order valence-corrected chi connectivity index (χ4v) is 3.24. The van der Waals surface area contributed by atoms with E-state index in [1.165, 1.54) is 38.9 Å². The minimum absolute atomic E-state index is 0.606. The summed E-state index contributed by atoms with van der Waals surface area (Å²) in [5.74, 6) is -0.606. The molecule has 0 unspecified atom stereocenters. The zero-order valence-electron chi connectivity index (χ0n) is 16.0. The molecule has 118 valence electrons. The first-order valence-electron chi connectivity index (χ1n) is 8.70. The Morgan fingerprint density at radius 2 is 1.70 bits per heavy atom. The van der Waals surface area contributed by atoms with Crippen molar-refractivity contribution in [2.45, 2.75) is 40.5 Å². The van der Waals surface area contributed by atoms with E-state index in [9.17, 15) is 0 Å². The van der Waals surface area contributed by atoms with Crippen LogP contribution in [0.5, 0.6) is 0 Å². The van der Waals surface area contributed by atoms with Crippen molar-refractivity contribution in [1.82, 2.24) is 0 Å². The predicted octanol–water partition coefficient (Wildman–Crippen LogP) is 5.38. The molecule has 0 saturated heterocycles. The number of aryl methyl sites for hydroxylation is 2. The number of hydrogen-bond acceptors (Lipinski definition) is 0. The molecule has 1 heterocycles. The van der Waals surface area contributed by atoms with Gasteiger partial charge in [0.1, 0.15) is 7.05 Å². The third kappa shape index (κ3) is 2.65. The van der Waals surface area contributed by atoms with Crippen LogP contribution < -0.4 is 4.57 Å². The van der Waals surface area contributed by atoms with E-state index in [4.69, 9.17) is 1.37 Å². The van der Waals surface area contributed by atoms with Gasteiger partial charge in [0.15, 0.2) is 5.69 Å². The number of pyridine rings is 1. The van der Waals surface area contributed by atoms with Crippen molar-refractivity contribution in [3.05, 3.63) is 64.8 Å². The first-order valence-corrected chi connectivity index (χ1v) is 8.20. The van der Waals surface area contributed by atoms with E-state index >= 15 is 0 Å². The monoisotopic (exact) mass is 305 g/mol. The Kier molecular flexibility index (Phi) is 3.65. The lowest BCUT2D eigenvalue weighted by atomic mass is 9.90. The first kappa shape index (κ1) is 14.4. The summed E-state index contributed by atoms with van der Waals surface area (Å²) in [4.78, 5) is 0. The minimum Gasteiger partial charge on any atom is -0.198 e. The van der Waals surface area contributed by atoms with E-state index < -0.39 is 5.89 Å². The van der Waals surface area contributed by atoms with Crippen molar-refractivity contribution < 1.29 is 5.94 Å². The number of aromatic nitrogens is 1. The molecule has 2 aromatic carbocycles. The van der Waals surface area contributed by atoms with Crippen LogP contribution in [-0.2, 0) is 7.05 Å². The summed E-state index contributed by atoms with van der Waals surface area (Å²) >= 11 is 0. The van der Waals surface area contributed by atoms with Crippen molar-refractivity contribution in [2.75, 3.05) is 0 Å². The van der Waals surface area contributed by atoms with E-state index in [0.29, 0.717) is 0 Å². The summed E-state index contributed by atoms with van der Waals surface area (Å²) in [6.07, 6.45) is 0. The molecular weight excluding hydrogens is 278 g/mol. The Bertz CT molecular complexity index is 933. The number of hydrogen-bond donors (Lipinski definition) is 0. The summed E-state index contributed by atoms with van der Waals surface area (Å²) in [5.41, 5.74) is 7.29. The summed E-state index contributed by atoms with van der Waals surface area (Å²) in [7, 11) is 2.13. The maximum absolute atomic E-state index is 8.45. The van der Waals surface area contributed by atoms with E-state index in [1.807, 2.05) is 13.8 Å². The number of fused-ring (bicyclic) bond motifs is 1. The number of rotatable bonds is 2. The van der Waals surface area contributed by atoms with E-state index in [2.05, 4.69) is 74.9 Å². The lowest BCUT2D eigenvalue weighted by molar-refractivity contribution is -0.665. The summed E-state index contributed by atoms with van der Waals surface area (Å²) in [6.45, 7) is 10.4. The highest BCUT2D eigenvalue weighted by Gasteiger charge is 2.21. The van der Waals surface area contributed by atoms with Gasteiger partial charge in [0.2, 0.25) is 5.69 Å². The topological polar surface area (TPSA) is 3.88 Å². The molecule has 0 aliphatic carbocycles. The van der Waals surface area contributed by atoms with Crippen molar-refractivity contribution in [3.63, 3.8) is 0 Å². The highest BCUT2D eigenvalue weighted by molar-refractivity contribution is 5.94. The lowest BCUT2D eigenvalue weighted by Gasteiger charge is -2.15. The fourth-order valence-electron chi connectivity index (χ4n) is 3.24. The molecule has 0 spiro atoms. The van der Waals surface area contributed by atoms with Crippen molar-refractivity contribution in [3.8, 4) is 11.3 Å². The van der Waals surface area contributed by atoms with Gasteiger partial charge in [-0.1, -0.05) is 38.1 Å². The van der Waals surface area contributed by atoms with Crippen LogP contribution in [0.1, 0.15) is 43.5 Å². The molecule has 0 aliphatic heterocycles. The van der Waals surface area contributed by atoms with Gasteiger partial charge in [-0.15, -0.1) is 0 Å². The standard InChI is InChI=1S/C22H26N/c1-14(2)19-11-15(3)17(5)21(13-19)22-20-10-8-7-9-18(20)12-16(4)23(22)6/h7-14H,1-6H3/q+1/i14D. The quantitative estimate of drug-likeness (QED) is 0.560. The smallest absolute Gasteiger partial charge is 0.198 e. The van der Waals surface area contributed by atoms with Gasteiger partial charge in [0.25, 0.3) is 0 Å². The average molecular weight is 305 g/mol. The normalized spacial score (nSPS) is 12.5. The van der Waals surface area contributed by atoms with Gasteiger partial charge in [-0.3, -0.25) is 0 Å². The molecule has 3 aromatic rings. The van der Waals surface area contributed by atoms with Crippen molar-refractivity contribution in [2.24, 2.45) is 7.05 Å². The van der Waals surface area contributed by atoms with Gasteiger partial charge < -0.3 is 0 Å². The van der Waals surface area contributed by atoms with Crippen LogP contribution in [0.15, 0.2) is 42.5 Å². The highest BCUT2D eigenvalue weighted by atomic mass is 14.9. The van der Waals surface area contributed by atoms with Crippen LogP contribution in [-0.4, -0.2) is 0 Å². The lowest BCUT2D eigenvalue weighted by Crippen LogP contribution is -2.35. The summed E-state index contributed by atoms with van der Waals surface area (Å²) in [5, 5.41) is 2.52. The molecule has 0 saturated carbocycles. The second-order valence-corrected chi connectivity index (χ2v) is 6.75. The average Bonchev–Trinajstić information content (AvgIpc) is 2.51. The molecule has 3 rings (SSSR count). The molecule has 0 radical (unpaired) electrons. The summed E-state index contributed by atoms with van der Waals surface area (Å²) < 4.78 is 10.7. The van der Waals surface area contributed by atoms with Gasteiger partial charge >= 0.3 is 0 Å². The van der Waals surface area contributed by atoms with Crippen LogP contribution in [0.25, 0.3) is 22.0 Å². The Morgan fingerprint density at radius 1 is 1.00 bits per heavy atom. The van der Waals surface area contributed by atoms with E-state index in [0.717, 1.165) is 5.56 Å². The zero-order chi connectivity index (χ0) is 17.6. The van der Waals surface area contributed by atoms with Crippen LogP contribution in [0.3, 0.4) is 0 Å². The zero-order valence-corrected chi connectivity index (χ0v) is 15.0. The van der Waals surface area contributed by atoms with Gasteiger partial charge in [0.05, 0.1) is 10.9 Å². The van der Waals surface area contributed by atoms with Crippen LogP contribution in [0.4, 0.5) is 0 Å². The number of benzene rings is 2. The molecule has 0 bridgehead atoms. The maximum Gasteiger partial charge on any atom is 0.220 e. The fraction of sp³-hybridized carbons (Fsp3) is 0.318. The van der Waals surface area contributed by atoms with E-state index in [1.54, 1.807) is 0 Å². The molecule has 0 N–H and O–H groups in total. The Balaban J connectivity index is 2.44. The largest absolute Gasteiger partial charge is 0.220 e. The van der Waals surface area contributed by atoms with E-state index in [-0.39, 0.29) is 0 Å². The second kappa shape index (κ2) is 5.81. The molecular formula is C22H26N+. The third-order valence-electron chi connectivity index (χ3n) is 4.94. The highest BCUT2D eigenvalue weighted by Crippen LogP contribution is 2.32. The van der Waals surface area contributed by atoms with Crippen LogP contribution in [0.2, 0.25) is 0 Å². The van der Waals surface area contributed by atoms with Gasteiger partial charge in [-0.2, -0.15) is 4.57 Å². The maximum atomic E-state index is 8.45. The van der Waals surface area contributed by atoms with Gasteiger partial charge in [-0.25, -0.2) is 0 Å². The molecule has 1 nitrogen and oxygen atoms in total. The number of nitrogens with zero attached hydrogens (tertiary/aromatic N) is 1. The predicted molar refractivity (Wildman–Crippen MR) is 98.9 cm³/mol. The third-order valence-corrected chi connectivity index (χ3v) is 4.94. The molecule has 0 fully saturated rings. The van der Waals surface area contributed by atoms with Crippen molar-refractivity contribution >= 4 is 10.8 Å². The molecule has 1 aromatic heterocycles. The molecule has 0 atom stereocenters. The van der Waals surface area contributed by atoms with Gasteiger partial charge in [0, 0.05) is 14.4 Å². The van der Waals surface area contributed by atoms with Crippen LogP contribution in [0, 0.1) is 20.8 Å².